The Kier molecular flexibility index (Phi) is 3.26. The van der Waals surface area contributed by atoms with Crippen LogP contribution < -0.4 is 0 Å². The van der Waals surface area contributed by atoms with Gasteiger partial charge >= 0.3 is 0 Å². The fourth-order valence-corrected chi connectivity index (χ4v) is 1.41. The van der Waals surface area contributed by atoms with Crippen molar-refractivity contribution in [2.45, 2.75) is 6.54 Å². The van der Waals surface area contributed by atoms with Crippen LogP contribution in [-0.2, 0) is 6.54 Å². The molecule has 1 aromatic carbocycles. The highest BCUT2D eigenvalue weighted by atomic mass is 127. The molecule has 58 valence electrons. The minimum Gasteiger partial charge on any atom is -0.150 e. The first-order chi connectivity index (χ1) is 5.24. The average Bonchev–Trinajstić information content (AvgIpc) is 1.98. The molecule has 4 heteroatoms. The van der Waals surface area contributed by atoms with E-state index in [-0.39, 0.29) is 6.54 Å². The van der Waals surface area contributed by atoms with Crippen LogP contribution in [0.3, 0.4) is 0 Å². The maximum atomic E-state index is 9.89. The molecule has 0 aliphatic carbocycles. The number of benzene rings is 1. The second kappa shape index (κ2) is 4.01. The number of nitrogens with zero attached hydrogens (tertiary/aromatic N) is 1. The van der Waals surface area contributed by atoms with Crippen molar-refractivity contribution in [3.63, 3.8) is 0 Å². The monoisotopic (exact) mass is 281 g/mol. The summed E-state index contributed by atoms with van der Waals surface area (Å²) in [4.78, 5) is 9.89. The molecule has 0 aliphatic rings. The zero-order valence-electron chi connectivity index (χ0n) is 5.55. The molecule has 1 rings (SSSR count). The van der Waals surface area contributed by atoms with E-state index in [9.17, 15) is 4.91 Å². The fourth-order valence-electron chi connectivity index (χ4n) is 0.713. The molecule has 0 bridgehead atoms. The topological polar surface area (TPSA) is 29.4 Å². The van der Waals surface area contributed by atoms with Gasteiger partial charge in [-0.15, -0.1) is 0 Å². The lowest BCUT2D eigenvalue weighted by molar-refractivity contribution is 1.05. The van der Waals surface area contributed by atoms with Crippen molar-refractivity contribution in [1.29, 1.82) is 0 Å². The molecule has 0 spiro atoms. The van der Waals surface area contributed by atoms with Crippen LogP contribution in [0.25, 0.3) is 0 Å². The second-order valence-corrected chi connectivity index (χ2v) is 3.61. The molecule has 2 nitrogen and oxygen atoms in total. The van der Waals surface area contributed by atoms with E-state index in [0.717, 1.165) is 9.13 Å². The highest BCUT2D eigenvalue weighted by molar-refractivity contribution is 14.1. The van der Waals surface area contributed by atoms with Gasteiger partial charge in [0.25, 0.3) is 0 Å². The highest BCUT2D eigenvalue weighted by Gasteiger charge is 1.97. The summed E-state index contributed by atoms with van der Waals surface area (Å²) in [5.41, 5.74) is 0.897. The lowest BCUT2D eigenvalue weighted by Gasteiger charge is -1.97. The molecule has 0 unspecified atom stereocenters. The number of hydrogen-bond acceptors (Lipinski definition) is 2. The Hall–Kier alpha value is -0.160. The Balaban J connectivity index is 2.95. The van der Waals surface area contributed by atoms with E-state index in [1.807, 2.05) is 6.07 Å². The molecule has 11 heavy (non-hydrogen) atoms. The lowest BCUT2D eigenvalue weighted by Crippen LogP contribution is -1.82. The van der Waals surface area contributed by atoms with Gasteiger partial charge in [-0.2, -0.15) is 4.91 Å². The van der Waals surface area contributed by atoms with Crippen LogP contribution in [0.5, 0.6) is 0 Å². The summed E-state index contributed by atoms with van der Waals surface area (Å²) < 4.78 is 0.949. The Morgan fingerprint density at radius 3 is 2.82 bits per heavy atom. The smallest absolute Gasteiger partial charge is 0.106 e. The van der Waals surface area contributed by atoms with E-state index in [1.165, 1.54) is 0 Å². The molecule has 0 saturated heterocycles. The Bertz CT molecular complexity index is 277. The third kappa shape index (κ3) is 2.41. The molecule has 0 amide bonds. The van der Waals surface area contributed by atoms with Crippen molar-refractivity contribution in [2.24, 2.45) is 5.18 Å². The highest BCUT2D eigenvalue weighted by Crippen LogP contribution is 2.19. The first kappa shape index (κ1) is 8.93. The van der Waals surface area contributed by atoms with E-state index in [2.05, 4.69) is 27.8 Å². The van der Waals surface area contributed by atoms with Gasteiger partial charge in [0.2, 0.25) is 0 Å². The standard InChI is InChI=1S/C7H5ClINO/c8-6-2-1-5(4-10-11)3-7(6)9/h1-3H,4H2. The molecule has 0 fully saturated rings. The Morgan fingerprint density at radius 1 is 1.55 bits per heavy atom. The van der Waals surface area contributed by atoms with Gasteiger partial charge in [0.1, 0.15) is 6.54 Å². The maximum Gasteiger partial charge on any atom is 0.106 e. The number of nitroso groups, excluding NO2 is 1. The van der Waals surface area contributed by atoms with Gasteiger partial charge in [-0.1, -0.05) is 22.8 Å². The molecular weight excluding hydrogens is 276 g/mol. The number of hydrogen-bond donors (Lipinski definition) is 0. The minimum absolute atomic E-state index is 0.215. The molecule has 0 heterocycles. The van der Waals surface area contributed by atoms with Crippen molar-refractivity contribution in [1.82, 2.24) is 0 Å². The number of rotatable bonds is 2. The van der Waals surface area contributed by atoms with Gasteiger partial charge in [0.05, 0.1) is 5.02 Å². The first-order valence-electron chi connectivity index (χ1n) is 2.97. The summed E-state index contributed by atoms with van der Waals surface area (Å²) in [6.07, 6.45) is 0. The molecular formula is C7H5ClINO. The van der Waals surface area contributed by atoms with Gasteiger partial charge in [0, 0.05) is 3.57 Å². The summed E-state index contributed by atoms with van der Waals surface area (Å²) in [5.74, 6) is 0. The lowest BCUT2D eigenvalue weighted by atomic mass is 10.2. The molecule has 0 aliphatic heterocycles. The first-order valence-corrected chi connectivity index (χ1v) is 4.43. The molecule has 0 N–H and O–H groups in total. The van der Waals surface area contributed by atoms with Crippen LogP contribution in [0.1, 0.15) is 5.56 Å². The van der Waals surface area contributed by atoms with Crippen molar-refractivity contribution < 1.29 is 0 Å². The Labute approximate surface area is 83.1 Å². The maximum absolute atomic E-state index is 9.89. The molecule has 0 radical (unpaired) electrons. The van der Waals surface area contributed by atoms with E-state index in [4.69, 9.17) is 11.6 Å². The minimum atomic E-state index is 0.215. The zero-order valence-corrected chi connectivity index (χ0v) is 8.46. The van der Waals surface area contributed by atoms with E-state index in [0.29, 0.717) is 5.02 Å². The molecule has 0 aromatic heterocycles. The second-order valence-electron chi connectivity index (χ2n) is 2.04. The molecule has 0 saturated carbocycles. The quantitative estimate of drug-likeness (QED) is 0.604. The normalized spacial score (nSPS) is 9.64. The van der Waals surface area contributed by atoms with Gasteiger partial charge in [-0.3, -0.25) is 0 Å². The third-order valence-electron chi connectivity index (χ3n) is 1.23. The van der Waals surface area contributed by atoms with Crippen LogP contribution in [0.2, 0.25) is 5.02 Å². The number of halogens is 2. The van der Waals surface area contributed by atoms with Gasteiger partial charge in [0.15, 0.2) is 0 Å². The van der Waals surface area contributed by atoms with Gasteiger partial charge in [-0.25, -0.2) is 0 Å². The van der Waals surface area contributed by atoms with E-state index in [1.54, 1.807) is 12.1 Å². The predicted molar refractivity (Wildman–Crippen MR) is 53.7 cm³/mol. The van der Waals surface area contributed by atoms with Crippen LogP contribution in [0.4, 0.5) is 0 Å². The van der Waals surface area contributed by atoms with Crippen LogP contribution in [0.15, 0.2) is 23.4 Å². The van der Waals surface area contributed by atoms with Crippen molar-refractivity contribution in [2.75, 3.05) is 0 Å². The van der Waals surface area contributed by atoms with E-state index >= 15 is 0 Å². The predicted octanol–water partition coefficient (Wildman–Crippen LogP) is 3.21. The van der Waals surface area contributed by atoms with Crippen molar-refractivity contribution in [3.8, 4) is 0 Å². The van der Waals surface area contributed by atoms with Crippen LogP contribution >= 0.6 is 34.2 Å². The molecule has 0 atom stereocenters. The molecule has 1 aromatic rings. The Morgan fingerprint density at radius 2 is 2.27 bits per heavy atom. The summed E-state index contributed by atoms with van der Waals surface area (Å²) >= 11 is 7.88. The van der Waals surface area contributed by atoms with Gasteiger partial charge < -0.3 is 0 Å². The van der Waals surface area contributed by atoms with E-state index < -0.39 is 0 Å². The van der Waals surface area contributed by atoms with Crippen molar-refractivity contribution >= 4 is 34.2 Å². The SMILES string of the molecule is O=NCc1ccc(Cl)c(I)c1. The van der Waals surface area contributed by atoms with Gasteiger partial charge in [-0.05, 0) is 40.3 Å². The summed E-state index contributed by atoms with van der Waals surface area (Å²) in [7, 11) is 0. The summed E-state index contributed by atoms with van der Waals surface area (Å²) in [6.45, 7) is 0.215. The van der Waals surface area contributed by atoms with Crippen molar-refractivity contribution in [3.05, 3.63) is 37.3 Å². The fraction of sp³-hybridized carbons (Fsp3) is 0.143. The average molecular weight is 281 g/mol. The van der Waals surface area contributed by atoms with Crippen LogP contribution in [-0.4, -0.2) is 0 Å². The summed E-state index contributed by atoms with van der Waals surface area (Å²) in [5, 5.41) is 3.49. The summed E-state index contributed by atoms with van der Waals surface area (Å²) in [6, 6.07) is 5.42. The third-order valence-corrected chi connectivity index (χ3v) is 2.77. The zero-order chi connectivity index (χ0) is 8.27. The van der Waals surface area contributed by atoms with Crippen LogP contribution in [0, 0.1) is 8.48 Å². The largest absolute Gasteiger partial charge is 0.150 e.